The van der Waals surface area contributed by atoms with Crippen molar-refractivity contribution >= 4 is 22.2 Å². The van der Waals surface area contributed by atoms with Gasteiger partial charge in [0.2, 0.25) is 0 Å². The molecular weight excluding hydrogens is 266 g/mol. The molecule has 0 aromatic carbocycles. The summed E-state index contributed by atoms with van der Waals surface area (Å²) in [5, 5.41) is 17.1. The number of hydrogen-bond acceptors (Lipinski definition) is 5. The molecule has 2 atom stereocenters. The monoisotopic (exact) mass is 281 g/mol. The molecule has 2 bridgehead atoms. The van der Waals surface area contributed by atoms with Crippen molar-refractivity contribution in [3.63, 3.8) is 0 Å². The Bertz CT molecular complexity index is 504. The number of carbonyl (C=O) groups is 1. The highest BCUT2D eigenvalue weighted by Gasteiger charge is 2.34. The fourth-order valence-corrected chi connectivity index (χ4v) is 3.70. The van der Waals surface area contributed by atoms with E-state index in [1.54, 1.807) is 0 Å². The highest BCUT2D eigenvalue weighted by Crippen LogP contribution is 2.28. The lowest BCUT2D eigenvalue weighted by molar-refractivity contribution is -0.380. The molecule has 7 heteroatoms. The molecule has 2 fully saturated rings. The predicted octanol–water partition coefficient (Wildman–Crippen LogP) is 1.67. The second kappa shape index (κ2) is 4.90. The molecular formula is C12H15N3O3S. The van der Waals surface area contributed by atoms with Crippen LogP contribution in [0.3, 0.4) is 0 Å². The normalized spacial score (nSPS) is 29.2. The summed E-state index contributed by atoms with van der Waals surface area (Å²) in [5.41, 5.74) is 0. The van der Waals surface area contributed by atoms with E-state index in [0.717, 1.165) is 24.2 Å². The Morgan fingerprint density at radius 3 is 2.63 bits per heavy atom. The molecule has 102 valence electrons. The fraction of sp³-hybridized carbons (Fsp3) is 0.583. The molecule has 0 aliphatic carbocycles. The standard InChI is InChI=1S/C12H15N3O3S/c16-12(10-3-4-11(19-10)15(17)18)14-9-5-7-1-2-8(6-9)13-7/h3-4,7-9,13H,1-2,5-6H2,(H,14,16). The Balaban J connectivity index is 1.62. The lowest BCUT2D eigenvalue weighted by Gasteiger charge is -2.29. The topological polar surface area (TPSA) is 84.3 Å². The van der Waals surface area contributed by atoms with E-state index in [1.165, 1.54) is 25.0 Å². The first kappa shape index (κ1) is 12.6. The first-order chi connectivity index (χ1) is 9.11. The molecule has 2 aliphatic heterocycles. The lowest BCUT2D eigenvalue weighted by atomic mass is 10.00. The quantitative estimate of drug-likeness (QED) is 0.652. The van der Waals surface area contributed by atoms with Crippen LogP contribution in [-0.4, -0.2) is 29.0 Å². The van der Waals surface area contributed by atoms with Crippen LogP contribution in [-0.2, 0) is 0 Å². The minimum atomic E-state index is -0.466. The van der Waals surface area contributed by atoms with Gasteiger partial charge in [0.1, 0.15) is 0 Å². The van der Waals surface area contributed by atoms with Crippen LogP contribution in [0.4, 0.5) is 5.00 Å². The van der Waals surface area contributed by atoms with E-state index in [-0.39, 0.29) is 17.0 Å². The molecule has 19 heavy (non-hydrogen) atoms. The second-order valence-electron chi connectivity index (χ2n) is 5.17. The van der Waals surface area contributed by atoms with Gasteiger partial charge in [-0.2, -0.15) is 0 Å². The van der Waals surface area contributed by atoms with E-state index in [2.05, 4.69) is 10.6 Å². The number of thiophene rings is 1. The van der Waals surface area contributed by atoms with Crippen LogP contribution >= 0.6 is 11.3 Å². The van der Waals surface area contributed by atoms with Crippen LogP contribution in [0.25, 0.3) is 0 Å². The molecule has 1 aromatic heterocycles. The smallest absolute Gasteiger partial charge is 0.324 e. The van der Waals surface area contributed by atoms with Gasteiger partial charge in [0.05, 0.1) is 9.80 Å². The predicted molar refractivity (Wildman–Crippen MR) is 71.4 cm³/mol. The van der Waals surface area contributed by atoms with Crippen LogP contribution < -0.4 is 10.6 Å². The van der Waals surface area contributed by atoms with Crippen LogP contribution in [0.5, 0.6) is 0 Å². The van der Waals surface area contributed by atoms with Gasteiger partial charge in [0, 0.05) is 24.2 Å². The average molecular weight is 281 g/mol. The number of nitrogens with one attached hydrogen (secondary N) is 2. The SMILES string of the molecule is O=C(NC1CC2CCC(C1)N2)c1ccc([N+](=O)[O-])s1. The van der Waals surface area contributed by atoms with Gasteiger partial charge in [0.15, 0.2) is 0 Å². The third-order valence-electron chi connectivity index (χ3n) is 3.80. The summed E-state index contributed by atoms with van der Waals surface area (Å²) in [6.07, 6.45) is 4.27. The van der Waals surface area contributed by atoms with E-state index in [1.807, 2.05) is 0 Å². The molecule has 1 amide bonds. The van der Waals surface area contributed by atoms with Crippen molar-refractivity contribution in [2.75, 3.05) is 0 Å². The van der Waals surface area contributed by atoms with Crippen molar-refractivity contribution in [2.24, 2.45) is 0 Å². The van der Waals surface area contributed by atoms with E-state index in [4.69, 9.17) is 0 Å². The maximum atomic E-state index is 12.0. The Kier molecular flexibility index (Phi) is 3.24. The van der Waals surface area contributed by atoms with Crippen LogP contribution in [0.1, 0.15) is 35.4 Å². The Hall–Kier alpha value is -1.47. The number of amides is 1. The maximum absolute atomic E-state index is 12.0. The number of carbonyl (C=O) groups excluding carboxylic acids is 1. The van der Waals surface area contributed by atoms with Gasteiger partial charge >= 0.3 is 5.00 Å². The van der Waals surface area contributed by atoms with Crippen molar-refractivity contribution in [3.05, 3.63) is 27.1 Å². The Morgan fingerprint density at radius 1 is 1.37 bits per heavy atom. The summed E-state index contributed by atoms with van der Waals surface area (Å²) in [5.74, 6) is -0.190. The van der Waals surface area contributed by atoms with Crippen LogP contribution in [0, 0.1) is 10.1 Å². The largest absolute Gasteiger partial charge is 0.348 e. The molecule has 1 aromatic rings. The summed E-state index contributed by atoms with van der Waals surface area (Å²) < 4.78 is 0. The first-order valence-corrected chi connectivity index (χ1v) is 7.24. The van der Waals surface area contributed by atoms with Crippen LogP contribution in [0.2, 0.25) is 0 Å². The van der Waals surface area contributed by atoms with E-state index in [9.17, 15) is 14.9 Å². The number of nitro groups is 1. The third-order valence-corrected chi connectivity index (χ3v) is 4.84. The van der Waals surface area contributed by atoms with Crippen molar-refractivity contribution in [1.29, 1.82) is 0 Å². The summed E-state index contributed by atoms with van der Waals surface area (Å²) in [7, 11) is 0. The van der Waals surface area contributed by atoms with Crippen molar-refractivity contribution in [2.45, 2.75) is 43.8 Å². The van der Waals surface area contributed by atoms with E-state index >= 15 is 0 Å². The van der Waals surface area contributed by atoms with Gasteiger partial charge in [-0.15, -0.1) is 0 Å². The number of hydrogen-bond donors (Lipinski definition) is 2. The molecule has 2 N–H and O–H groups in total. The van der Waals surface area contributed by atoms with Gasteiger partial charge in [-0.05, 0) is 31.7 Å². The molecule has 3 rings (SSSR count). The van der Waals surface area contributed by atoms with Crippen molar-refractivity contribution in [3.8, 4) is 0 Å². The zero-order valence-electron chi connectivity index (χ0n) is 10.3. The first-order valence-electron chi connectivity index (χ1n) is 6.43. The lowest BCUT2D eigenvalue weighted by Crippen LogP contribution is -2.47. The zero-order valence-corrected chi connectivity index (χ0v) is 11.1. The van der Waals surface area contributed by atoms with Crippen molar-refractivity contribution < 1.29 is 9.72 Å². The molecule has 0 saturated carbocycles. The summed E-state index contributed by atoms with van der Waals surface area (Å²) in [4.78, 5) is 22.6. The Labute approximate surface area is 114 Å². The van der Waals surface area contributed by atoms with Gasteiger partial charge in [0.25, 0.3) is 5.91 Å². The number of piperidine rings is 1. The summed E-state index contributed by atoms with van der Waals surface area (Å²) >= 11 is 0.928. The van der Waals surface area contributed by atoms with E-state index in [0.29, 0.717) is 17.0 Å². The second-order valence-corrected chi connectivity index (χ2v) is 6.24. The summed E-state index contributed by atoms with van der Waals surface area (Å²) in [6.45, 7) is 0. The molecule has 0 radical (unpaired) electrons. The van der Waals surface area contributed by atoms with Gasteiger partial charge in [-0.25, -0.2) is 0 Å². The van der Waals surface area contributed by atoms with Gasteiger partial charge in [-0.3, -0.25) is 14.9 Å². The fourth-order valence-electron chi connectivity index (χ4n) is 2.98. The van der Waals surface area contributed by atoms with Crippen LogP contribution in [0.15, 0.2) is 12.1 Å². The molecule has 2 aliphatic rings. The van der Waals surface area contributed by atoms with Gasteiger partial charge in [-0.1, -0.05) is 11.3 Å². The molecule has 0 spiro atoms. The number of fused-ring (bicyclic) bond motifs is 2. The van der Waals surface area contributed by atoms with E-state index < -0.39 is 4.92 Å². The minimum absolute atomic E-state index is 0.00975. The third kappa shape index (κ3) is 2.62. The molecule has 2 saturated heterocycles. The molecule has 3 heterocycles. The number of nitrogens with zero attached hydrogens (tertiary/aromatic N) is 1. The average Bonchev–Trinajstić information content (AvgIpc) is 2.96. The minimum Gasteiger partial charge on any atom is -0.348 e. The number of rotatable bonds is 3. The van der Waals surface area contributed by atoms with Gasteiger partial charge < -0.3 is 10.6 Å². The van der Waals surface area contributed by atoms with Crippen molar-refractivity contribution in [1.82, 2.24) is 10.6 Å². The Morgan fingerprint density at radius 2 is 2.05 bits per heavy atom. The highest BCUT2D eigenvalue weighted by molar-refractivity contribution is 7.17. The summed E-state index contributed by atoms with van der Waals surface area (Å²) in [6, 6.07) is 4.12. The zero-order chi connectivity index (χ0) is 13.4. The maximum Gasteiger partial charge on any atom is 0.324 e. The molecule has 6 nitrogen and oxygen atoms in total. The highest BCUT2D eigenvalue weighted by atomic mass is 32.1. The molecule has 2 unspecified atom stereocenters.